The first kappa shape index (κ1) is 16.0. The third-order valence-corrected chi connectivity index (χ3v) is 2.89. The molecule has 0 fully saturated rings. The van der Waals surface area contributed by atoms with Crippen molar-refractivity contribution >= 4 is 17.5 Å². The monoisotopic (exact) mass is 278 g/mol. The second-order valence-corrected chi connectivity index (χ2v) is 5.41. The summed E-state index contributed by atoms with van der Waals surface area (Å²) in [6, 6.07) is 6.89. The molecule has 110 valence electrons. The lowest BCUT2D eigenvalue weighted by atomic mass is 10.1. The Hall–Kier alpha value is -2.04. The van der Waals surface area contributed by atoms with Crippen LogP contribution in [0.4, 0.5) is 5.69 Å². The van der Waals surface area contributed by atoms with E-state index in [1.54, 1.807) is 31.4 Å². The molecule has 0 bridgehead atoms. The molecule has 0 unspecified atom stereocenters. The van der Waals surface area contributed by atoms with Gasteiger partial charge in [0, 0.05) is 23.8 Å². The van der Waals surface area contributed by atoms with Crippen molar-refractivity contribution in [1.29, 1.82) is 0 Å². The summed E-state index contributed by atoms with van der Waals surface area (Å²) >= 11 is 0. The van der Waals surface area contributed by atoms with E-state index in [1.807, 2.05) is 27.7 Å². The summed E-state index contributed by atoms with van der Waals surface area (Å²) in [5, 5.41) is 2.59. The zero-order valence-electron chi connectivity index (χ0n) is 12.7. The standard InChI is InChI=1S/C15H22N2O3/c1-6-17(15(2,3)4)14(19)13(18)16-11-8-7-9-12(10-11)20-5/h7-10H,6H2,1-5H3,(H,16,18). The van der Waals surface area contributed by atoms with Gasteiger partial charge in [-0.1, -0.05) is 6.07 Å². The average molecular weight is 278 g/mol. The van der Waals surface area contributed by atoms with Crippen molar-refractivity contribution in [2.45, 2.75) is 33.2 Å². The van der Waals surface area contributed by atoms with Crippen LogP contribution in [-0.2, 0) is 9.59 Å². The predicted octanol–water partition coefficient (Wildman–Crippen LogP) is 2.28. The van der Waals surface area contributed by atoms with Crippen molar-refractivity contribution in [1.82, 2.24) is 4.90 Å². The molecular weight excluding hydrogens is 256 g/mol. The Morgan fingerprint density at radius 2 is 1.95 bits per heavy atom. The summed E-state index contributed by atoms with van der Waals surface area (Å²) in [6.07, 6.45) is 0. The summed E-state index contributed by atoms with van der Waals surface area (Å²) in [6.45, 7) is 8.02. The van der Waals surface area contributed by atoms with Crippen LogP contribution in [0.15, 0.2) is 24.3 Å². The number of anilines is 1. The molecule has 0 radical (unpaired) electrons. The highest BCUT2D eigenvalue weighted by atomic mass is 16.5. The molecule has 5 nitrogen and oxygen atoms in total. The zero-order chi connectivity index (χ0) is 15.3. The molecule has 1 aromatic carbocycles. The van der Waals surface area contributed by atoms with Crippen LogP contribution in [0.2, 0.25) is 0 Å². The maximum absolute atomic E-state index is 12.2. The fraction of sp³-hybridized carbons (Fsp3) is 0.467. The first-order valence-electron chi connectivity index (χ1n) is 6.56. The molecule has 1 aromatic rings. The first-order valence-corrected chi connectivity index (χ1v) is 6.56. The number of nitrogens with zero attached hydrogens (tertiary/aromatic N) is 1. The van der Waals surface area contributed by atoms with Gasteiger partial charge < -0.3 is 15.0 Å². The summed E-state index contributed by atoms with van der Waals surface area (Å²) in [7, 11) is 1.55. The number of hydrogen-bond acceptors (Lipinski definition) is 3. The molecule has 0 heterocycles. The lowest BCUT2D eigenvalue weighted by Gasteiger charge is -2.34. The number of likely N-dealkylation sites (N-methyl/N-ethyl adjacent to an activating group) is 1. The molecule has 5 heteroatoms. The third-order valence-electron chi connectivity index (χ3n) is 2.89. The number of rotatable bonds is 3. The number of hydrogen-bond donors (Lipinski definition) is 1. The normalized spacial score (nSPS) is 10.8. The Morgan fingerprint density at radius 1 is 1.30 bits per heavy atom. The summed E-state index contributed by atoms with van der Waals surface area (Å²) in [5.74, 6) is -0.559. The van der Waals surface area contributed by atoms with Gasteiger partial charge in [0.05, 0.1) is 7.11 Å². The van der Waals surface area contributed by atoms with Crippen LogP contribution in [0.1, 0.15) is 27.7 Å². The smallest absolute Gasteiger partial charge is 0.313 e. The Bertz CT molecular complexity index is 492. The Morgan fingerprint density at radius 3 is 2.45 bits per heavy atom. The molecule has 1 N–H and O–H groups in total. The van der Waals surface area contributed by atoms with Gasteiger partial charge in [0.2, 0.25) is 0 Å². The van der Waals surface area contributed by atoms with E-state index in [0.29, 0.717) is 18.0 Å². The van der Waals surface area contributed by atoms with Gasteiger partial charge in [0.25, 0.3) is 0 Å². The van der Waals surface area contributed by atoms with Crippen LogP contribution in [0, 0.1) is 0 Å². The molecular formula is C15H22N2O3. The molecule has 0 spiro atoms. The predicted molar refractivity (Wildman–Crippen MR) is 78.8 cm³/mol. The summed E-state index contributed by atoms with van der Waals surface area (Å²) in [4.78, 5) is 25.7. The zero-order valence-corrected chi connectivity index (χ0v) is 12.7. The molecule has 0 aliphatic carbocycles. The second-order valence-electron chi connectivity index (χ2n) is 5.41. The van der Waals surface area contributed by atoms with E-state index in [0.717, 1.165) is 0 Å². The van der Waals surface area contributed by atoms with Crippen LogP contribution in [0.5, 0.6) is 5.75 Å². The van der Waals surface area contributed by atoms with Gasteiger partial charge in [-0.25, -0.2) is 0 Å². The minimum Gasteiger partial charge on any atom is -0.497 e. The number of ether oxygens (including phenoxy) is 1. The van der Waals surface area contributed by atoms with E-state index in [9.17, 15) is 9.59 Å². The van der Waals surface area contributed by atoms with Gasteiger partial charge in [0.1, 0.15) is 5.75 Å². The summed E-state index contributed by atoms with van der Waals surface area (Å²) in [5.41, 5.74) is 0.144. The summed E-state index contributed by atoms with van der Waals surface area (Å²) < 4.78 is 5.07. The lowest BCUT2D eigenvalue weighted by Crippen LogP contribution is -2.49. The number of amides is 2. The van der Waals surface area contributed by atoms with E-state index in [-0.39, 0.29) is 0 Å². The van der Waals surface area contributed by atoms with Crippen molar-refractivity contribution < 1.29 is 14.3 Å². The van der Waals surface area contributed by atoms with Crippen LogP contribution < -0.4 is 10.1 Å². The Kier molecular flexibility index (Phi) is 5.13. The minimum atomic E-state index is -0.643. The van der Waals surface area contributed by atoms with Crippen LogP contribution in [0.3, 0.4) is 0 Å². The van der Waals surface area contributed by atoms with Crippen molar-refractivity contribution in [2.24, 2.45) is 0 Å². The average Bonchev–Trinajstić information content (AvgIpc) is 2.37. The van der Waals surface area contributed by atoms with Gasteiger partial charge in [-0.3, -0.25) is 9.59 Å². The molecule has 1 rings (SSSR count). The molecule has 20 heavy (non-hydrogen) atoms. The van der Waals surface area contributed by atoms with Crippen LogP contribution in [0.25, 0.3) is 0 Å². The third kappa shape index (κ3) is 3.98. The topological polar surface area (TPSA) is 58.6 Å². The van der Waals surface area contributed by atoms with E-state index in [2.05, 4.69) is 5.32 Å². The van der Waals surface area contributed by atoms with E-state index < -0.39 is 17.4 Å². The highest BCUT2D eigenvalue weighted by molar-refractivity contribution is 6.39. The largest absolute Gasteiger partial charge is 0.497 e. The molecule has 0 aliphatic rings. The second kappa shape index (κ2) is 6.41. The quantitative estimate of drug-likeness (QED) is 0.863. The molecule has 0 saturated carbocycles. The van der Waals surface area contributed by atoms with Gasteiger partial charge in [-0.15, -0.1) is 0 Å². The Labute approximate surface area is 119 Å². The SMILES string of the molecule is CCN(C(=O)C(=O)Nc1cccc(OC)c1)C(C)(C)C. The van der Waals surface area contributed by atoms with Crippen molar-refractivity contribution in [2.75, 3.05) is 19.0 Å². The van der Waals surface area contributed by atoms with Gasteiger partial charge in [0.15, 0.2) is 0 Å². The number of carbonyl (C=O) groups is 2. The molecule has 0 atom stereocenters. The van der Waals surface area contributed by atoms with E-state index in [1.165, 1.54) is 4.90 Å². The fourth-order valence-electron chi connectivity index (χ4n) is 1.93. The molecule has 0 aromatic heterocycles. The maximum Gasteiger partial charge on any atom is 0.313 e. The number of methoxy groups -OCH3 is 1. The van der Waals surface area contributed by atoms with Gasteiger partial charge in [-0.05, 0) is 39.8 Å². The Balaban J connectivity index is 2.82. The molecule has 0 saturated heterocycles. The lowest BCUT2D eigenvalue weighted by molar-refractivity contribution is -0.146. The number of benzene rings is 1. The molecule has 2 amide bonds. The van der Waals surface area contributed by atoms with Crippen molar-refractivity contribution in [3.63, 3.8) is 0 Å². The minimum absolute atomic E-state index is 0.391. The highest BCUT2D eigenvalue weighted by Gasteiger charge is 2.29. The van der Waals surface area contributed by atoms with E-state index in [4.69, 9.17) is 4.74 Å². The van der Waals surface area contributed by atoms with Gasteiger partial charge >= 0.3 is 11.8 Å². The first-order chi connectivity index (χ1) is 9.29. The molecule has 0 aliphatic heterocycles. The van der Waals surface area contributed by atoms with Gasteiger partial charge in [-0.2, -0.15) is 0 Å². The maximum atomic E-state index is 12.2. The number of carbonyl (C=O) groups excluding carboxylic acids is 2. The fourth-order valence-corrected chi connectivity index (χ4v) is 1.93. The van der Waals surface area contributed by atoms with E-state index >= 15 is 0 Å². The number of nitrogens with one attached hydrogen (secondary N) is 1. The highest BCUT2D eigenvalue weighted by Crippen LogP contribution is 2.18. The van der Waals surface area contributed by atoms with Crippen LogP contribution in [-0.4, -0.2) is 35.9 Å². The van der Waals surface area contributed by atoms with Crippen molar-refractivity contribution in [3.05, 3.63) is 24.3 Å². The van der Waals surface area contributed by atoms with Crippen LogP contribution >= 0.6 is 0 Å². The van der Waals surface area contributed by atoms with Crippen molar-refractivity contribution in [3.8, 4) is 5.75 Å².